The fourth-order valence-corrected chi connectivity index (χ4v) is 4.45. The molecule has 3 aromatic carbocycles. The van der Waals surface area contributed by atoms with Gasteiger partial charge in [-0.05, 0) is 42.8 Å². The van der Waals surface area contributed by atoms with Gasteiger partial charge >= 0.3 is 0 Å². The highest BCUT2D eigenvalue weighted by Crippen LogP contribution is 2.33. The fourth-order valence-electron chi connectivity index (χ4n) is 3.30. The third-order valence-electron chi connectivity index (χ3n) is 5.01. The van der Waals surface area contributed by atoms with Crippen LogP contribution < -0.4 is 5.32 Å². The number of benzene rings is 3. The molecular formula is C23H21FN4O2S. The van der Waals surface area contributed by atoms with Gasteiger partial charge in [0.25, 0.3) is 0 Å². The second-order valence-corrected chi connectivity index (χ2v) is 9.46. The Morgan fingerprint density at radius 3 is 2.26 bits per heavy atom. The Labute approximate surface area is 180 Å². The highest BCUT2D eigenvalue weighted by atomic mass is 32.2. The second kappa shape index (κ2) is 8.05. The number of hydrogen-bond donors (Lipinski definition) is 1. The van der Waals surface area contributed by atoms with Crippen LogP contribution in [0, 0.1) is 12.7 Å². The lowest BCUT2D eigenvalue weighted by molar-refractivity contribution is 0.520. The van der Waals surface area contributed by atoms with Crippen molar-refractivity contribution >= 4 is 32.3 Å². The van der Waals surface area contributed by atoms with Crippen LogP contribution in [0.1, 0.15) is 5.56 Å². The predicted molar refractivity (Wildman–Crippen MR) is 120 cm³/mol. The average molecular weight is 437 g/mol. The van der Waals surface area contributed by atoms with Gasteiger partial charge in [0.1, 0.15) is 11.5 Å². The summed E-state index contributed by atoms with van der Waals surface area (Å²) >= 11 is 0. The van der Waals surface area contributed by atoms with Gasteiger partial charge < -0.3 is 5.32 Å². The van der Waals surface area contributed by atoms with E-state index in [9.17, 15) is 12.8 Å². The van der Waals surface area contributed by atoms with E-state index >= 15 is 0 Å². The molecule has 0 saturated heterocycles. The first kappa shape index (κ1) is 20.9. The van der Waals surface area contributed by atoms with Crippen molar-refractivity contribution in [3.05, 3.63) is 78.1 Å². The van der Waals surface area contributed by atoms with E-state index in [-0.39, 0.29) is 10.7 Å². The van der Waals surface area contributed by atoms with Crippen molar-refractivity contribution in [2.45, 2.75) is 11.8 Å². The Balaban J connectivity index is 1.84. The third-order valence-corrected chi connectivity index (χ3v) is 6.97. The maximum Gasteiger partial charge on any atom is 0.242 e. The van der Waals surface area contributed by atoms with Crippen molar-refractivity contribution in [2.75, 3.05) is 19.4 Å². The molecule has 6 nitrogen and oxygen atoms in total. The molecule has 0 aliphatic carbocycles. The first-order valence-electron chi connectivity index (χ1n) is 9.59. The largest absolute Gasteiger partial charge is 0.338 e. The molecule has 4 aromatic rings. The van der Waals surface area contributed by atoms with Gasteiger partial charge in [-0.1, -0.05) is 36.4 Å². The Morgan fingerprint density at radius 2 is 1.58 bits per heavy atom. The number of nitrogens with one attached hydrogen (secondary N) is 1. The normalized spacial score (nSPS) is 11.8. The van der Waals surface area contributed by atoms with Crippen LogP contribution in [-0.2, 0) is 10.0 Å². The molecule has 1 heterocycles. The van der Waals surface area contributed by atoms with Gasteiger partial charge in [-0.15, -0.1) is 10.2 Å². The average Bonchev–Trinajstić information content (AvgIpc) is 2.76. The smallest absolute Gasteiger partial charge is 0.242 e. The second-order valence-electron chi connectivity index (χ2n) is 7.34. The van der Waals surface area contributed by atoms with Gasteiger partial charge in [0.05, 0.1) is 4.90 Å². The molecule has 158 valence electrons. The van der Waals surface area contributed by atoms with Crippen molar-refractivity contribution in [3.63, 3.8) is 0 Å². The molecule has 0 saturated carbocycles. The summed E-state index contributed by atoms with van der Waals surface area (Å²) in [6.45, 7) is 1.76. The summed E-state index contributed by atoms with van der Waals surface area (Å²) in [5.74, 6) is 0.207. The fraction of sp³-hybridized carbons (Fsp3) is 0.130. The first-order valence-corrected chi connectivity index (χ1v) is 11.0. The molecule has 4 rings (SSSR count). The summed E-state index contributed by atoms with van der Waals surface area (Å²) in [5, 5.41) is 13.5. The lowest BCUT2D eigenvalue weighted by atomic mass is 10.0. The van der Waals surface area contributed by atoms with Gasteiger partial charge in [0.2, 0.25) is 10.0 Å². The number of sulfonamides is 1. The van der Waals surface area contributed by atoms with Gasteiger partial charge in [-0.25, -0.2) is 17.1 Å². The summed E-state index contributed by atoms with van der Waals surface area (Å²) in [6.07, 6.45) is 0. The molecule has 1 N–H and O–H groups in total. The molecule has 0 spiro atoms. The van der Waals surface area contributed by atoms with E-state index in [1.807, 2.05) is 30.3 Å². The molecule has 31 heavy (non-hydrogen) atoms. The van der Waals surface area contributed by atoms with Crippen molar-refractivity contribution in [1.82, 2.24) is 14.5 Å². The number of nitrogens with zero attached hydrogens (tertiary/aromatic N) is 3. The zero-order valence-corrected chi connectivity index (χ0v) is 18.1. The number of aryl methyl sites for hydroxylation is 1. The molecule has 8 heteroatoms. The van der Waals surface area contributed by atoms with E-state index in [1.54, 1.807) is 31.2 Å². The first-order chi connectivity index (χ1) is 14.8. The van der Waals surface area contributed by atoms with Gasteiger partial charge in [0.15, 0.2) is 5.82 Å². The number of rotatable bonds is 5. The topological polar surface area (TPSA) is 75.2 Å². The van der Waals surface area contributed by atoms with Crippen LogP contribution >= 0.6 is 0 Å². The van der Waals surface area contributed by atoms with E-state index in [0.29, 0.717) is 28.3 Å². The van der Waals surface area contributed by atoms with Crippen LogP contribution in [-0.4, -0.2) is 37.0 Å². The Hall–Kier alpha value is -3.36. The van der Waals surface area contributed by atoms with Crippen molar-refractivity contribution in [1.29, 1.82) is 0 Å². The monoisotopic (exact) mass is 436 g/mol. The van der Waals surface area contributed by atoms with Gasteiger partial charge in [-0.2, -0.15) is 0 Å². The molecule has 0 atom stereocenters. The molecule has 0 aliphatic rings. The SMILES string of the molecule is Cc1ccc(-c2nnc(Nc3ccc(F)cc3)c3ccccc23)cc1S(=O)(=O)N(C)C. The minimum Gasteiger partial charge on any atom is -0.338 e. The summed E-state index contributed by atoms with van der Waals surface area (Å²) in [5.41, 5.74) is 2.58. The van der Waals surface area contributed by atoms with E-state index in [0.717, 1.165) is 10.8 Å². The summed E-state index contributed by atoms with van der Waals surface area (Å²) in [6, 6.07) is 18.8. The van der Waals surface area contributed by atoms with Crippen molar-refractivity contribution < 1.29 is 12.8 Å². The van der Waals surface area contributed by atoms with Crippen LogP contribution in [0.4, 0.5) is 15.9 Å². The van der Waals surface area contributed by atoms with Crippen LogP contribution in [0.3, 0.4) is 0 Å². The maximum atomic E-state index is 13.2. The third kappa shape index (κ3) is 3.99. The molecule has 0 bridgehead atoms. The quantitative estimate of drug-likeness (QED) is 0.489. The zero-order valence-electron chi connectivity index (χ0n) is 17.3. The zero-order chi connectivity index (χ0) is 22.2. The molecule has 1 aromatic heterocycles. The van der Waals surface area contributed by atoms with E-state index in [1.165, 1.54) is 30.5 Å². The number of halogens is 1. The maximum absolute atomic E-state index is 13.2. The highest BCUT2D eigenvalue weighted by molar-refractivity contribution is 7.89. The molecule has 0 unspecified atom stereocenters. The Kier molecular flexibility index (Phi) is 5.43. The van der Waals surface area contributed by atoms with Crippen LogP contribution in [0.2, 0.25) is 0 Å². The number of aromatic nitrogens is 2. The van der Waals surface area contributed by atoms with Crippen LogP contribution in [0.25, 0.3) is 22.0 Å². The minimum atomic E-state index is -3.60. The lowest BCUT2D eigenvalue weighted by Crippen LogP contribution is -2.23. The number of fused-ring (bicyclic) bond motifs is 1. The van der Waals surface area contributed by atoms with E-state index in [4.69, 9.17) is 0 Å². The Morgan fingerprint density at radius 1 is 0.903 bits per heavy atom. The summed E-state index contributed by atoms with van der Waals surface area (Å²) < 4.78 is 39.9. The molecule has 0 radical (unpaired) electrons. The molecule has 0 fully saturated rings. The number of hydrogen-bond acceptors (Lipinski definition) is 5. The minimum absolute atomic E-state index is 0.231. The van der Waals surface area contributed by atoms with Gasteiger partial charge in [-0.3, -0.25) is 0 Å². The summed E-state index contributed by atoms with van der Waals surface area (Å²) in [4.78, 5) is 0.231. The highest BCUT2D eigenvalue weighted by Gasteiger charge is 2.21. The van der Waals surface area contributed by atoms with E-state index < -0.39 is 10.0 Å². The van der Waals surface area contributed by atoms with Crippen LogP contribution in [0.5, 0.6) is 0 Å². The lowest BCUT2D eigenvalue weighted by Gasteiger charge is -2.15. The molecule has 0 amide bonds. The van der Waals surface area contributed by atoms with Crippen molar-refractivity contribution in [2.24, 2.45) is 0 Å². The molecule has 0 aliphatic heterocycles. The Bertz CT molecular complexity index is 1370. The predicted octanol–water partition coefficient (Wildman–Crippen LogP) is 4.74. The number of anilines is 2. The molecular weight excluding hydrogens is 415 g/mol. The summed E-state index contributed by atoms with van der Waals surface area (Å²) in [7, 11) is -0.589. The van der Waals surface area contributed by atoms with E-state index in [2.05, 4.69) is 15.5 Å². The van der Waals surface area contributed by atoms with Crippen molar-refractivity contribution in [3.8, 4) is 11.3 Å². The standard InChI is InChI=1S/C23H21FN4O2S/c1-15-8-9-16(14-21(15)31(29,30)28(2)3)22-19-6-4-5-7-20(19)23(27-26-22)25-18-12-10-17(24)11-13-18/h4-14H,1-3H3,(H,25,27). The van der Waals surface area contributed by atoms with Crippen LogP contribution in [0.15, 0.2) is 71.6 Å². The van der Waals surface area contributed by atoms with Gasteiger partial charge in [0, 0.05) is 36.1 Å².